The number of hydrogen-bond donors (Lipinski definition) is 0. The van der Waals surface area contributed by atoms with Gasteiger partial charge in [-0.2, -0.15) is 0 Å². The fraction of sp³-hybridized carbons (Fsp3) is 0.842. The van der Waals surface area contributed by atoms with E-state index >= 15 is 0 Å². The van der Waals surface area contributed by atoms with E-state index in [0.717, 1.165) is 51.4 Å². The molecule has 0 aromatic rings. The Balaban J connectivity index is 5.34. The Labute approximate surface area is 520 Å². The second kappa shape index (κ2) is 68.9. The zero-order valence-corrected chi connectivity index (χ0v) is 56.1. The molecule has 0 spiro atoms. The largest absolute Gasteiger partial charge is 0.461 e. The van der Waals surface area contributed by atoms with Crippen molar-refractivity contribution in [2.24, 2.45) is 11.8 Å². The number of carbonyl (C=O) groups excluding carboxylic acids is 4. The molecule has 0 fully saturated rings. The summed E-state index contributed by atoms with van der Waals surface area (Å²) < 4.78 is 22.7. The van der Waals surface area contributed by atoms with Crippen molar-refractivity contribution in [2.75, 3.05) is 26.4 Å². The van der Waals surface area contributed by atoms with Gasteiger partial charge in [-0.05, 0) is 64.2 Å². The topological polar surface area (TPSA) is 105 Å². The maximum atomic E-state index is 13.6. The van der Waals surface area contributed by atoms with E-state index in [1.54, 1.807) is 0 Å². The molecule has 0 N–H and O–H groups in total. The molecule has 84 heavy (non-hydrogen) atoms. The molecule has 2 atom stereocenters. The Kier molecular flexibility index (Phi) is 66.4. The first-order valence-electron chi connectivity index (χ1n) is 36.6. The molecular formula is C76H138O8. The SMILES string of the molecule is CCCCCCCCCCCCC/C=C/COC(=O)CC(CCCCC(CC(=O)OC/C=C/CCCCCCCCCCCCC)C(=O)OC/C=C/CCCCCCCCCCCCC)C(=O)OC/C=C/CCCCCCCCCCCCC. The van der Waals surface area contributed by atoms with Crippen LogP contribution in [0.3, 0.4) is 0 Å². The summed E-state index contributed by atoms with van der Waals surface area (Å²) in [5.41, 5.74) is 0. The molecule has 0 aliphatic carbocycles. The molecule has 0 aromatic heterocycles. The third-order valence-electron chi connectivity index (χ3n) is 16.7. The Morgan fingerprint density at radius 3 is 0.643 bits per heavy atom. The minimum absolute atomic E-state index is 0.0656. The summed E-state index contributed by atoms with van der Waals surface area (Å²) >= 11 is 0. The van der Waals surface area contributed by atoms with Crippen LogP contribution in [-0.2, 0) is 38.1 Å². The number of rotatable bonds is 67. The zero-order valence-electron chi connectivity index (χ0n) is 56.1. The van der Waals surface area contributed by atoms with Crippen LogP contribution in [0.25, 0.3) is 0 Å². The van der Waals surface area contributed by atoms with Gasteiger partial charge in [0.1, 0.15) is 26.4 Å². The number of carbonyl (C=O) groups is 4. The molecule has 490 valence electrons. The van der Waals surface area contributed by atoms with Gasteiger partial charge >= 0.3 is 23.9 Å². The van der Waals surface area contributed by atoms with Gasteiger partial charge in [0, 0.05) is 0 Å². The third-order valence-corrected chi connectivity index (χ3v) is 16.7. The van der Waals surface area contributed by atoms with Crippen LogP contribution < -0.4 is 0 Å². The predicted molar refractivity (Wildman–Crippen MR) is 359 cm³/mol. The molecule has 8 heteroatoms. The molecule has 2 unspecified atom stereocenters. The van der Waals surface area contributed by atoms with Crippen molar-refractivity contribution in [3.8, 4) is 0 Å². The summed E-state index contributed by atoms with van der Waals surface area (Å²) in [5.74, 6) is -3.00. The number of unbranched alkanes of at least 4 members (excludes halogenated alkanes) is 45. The summed E-state index contributed by atoms with van der Waals surface area (Å²) in [6, 6.07) is 0. The summed E-state index contributed by atoms with van der Waals surface area (Å²) in [6.07, 6.45) is 79.3. The van der Waals surface area contributed by atoms with Gasteiger partial charge in [-0.1, -0.05) is 346 Å². The van der Waals surface area contributed by atoms with E-state index in [-0.39, 0.29) is 39.3 Å². The third kappa shape index (κ3) is 61.9. The van der Waals surface area contributed by atoms with Gasteiger partial charge in [-0.3, -0.25) is 19.2 Å². The second-order valence-corrected chi connectivity index (χ2v) is 24.9. The second-order valence-electron chi connectivity index (χ2n) is 24.9. The van der Waals surface area contributed by atoms with Crippen LogP contribution in [0.4, 0.5) is 0 Å². The lowest BCUT2D eigenvalue weighted by molar-refractivity contribution is -0.154. The van der Waals surface area contributed by atoms with Crippen LogP contribution in [0, 0.1) is 11.8 Å². The molecule has 0 aromatic carbocycles. The molecule has 8 nitrogen and oxygen atoms in total. The van der Waals surface area contributed by atoms with Gasteiger partial charge in [0.2, 0.25) is 0 Å². The van der Waals surface area contributed by atoms with Gasteiger partial charge < -0.3 is 18.9 Å². The highest BCUT2D eigenvalue weighted by atomic mass is 16.5. The van der Waals surface area contributed by atoms with Crippen molar-refractivity contribution in [3.05, 3.63) is 48.6 Å². The van der Waals surface area contributed by atoms with Gasteiger partial charge in [0.15, 0.2) is 0 Å². The highest BCUT2D eigenvalue weighted by Crippen LogP contribution is 2.23. The quantitative estimate of drug-likeness (QED) is 0.0257. The molecule has 0 aliphatic rings. The Bertz CT molecular complexity index is 1420. The molecule has 0 saturated heterocycles. The van der Waals surface area contributed by atoms with Crippen molar-refractivity contribution >= 4 is 23.9 Å². The average Bonchev–Trinajstić information content (AvgIpc) is 3.49. The number of esters is 4. The molecule has 0 bridgehead atoms. The van der Waals surface area contributed by atoms with Crippen LogP contribution in [0.2, 0.25) is 0 Å². The summed E-state index contributed by atoms with van der Waals surface area (Å²) in [6.45, 7) is 9.77. The van der Waals surface area contributed by atoms with E-state index in [2.05, 4.69) is 52.0 Å². The lowest BCUT2D eigenvalue weighted by atomic mass is 9.93. The van der Waals surface area contributed by atoms with Crippen molar-refractivity contribution < 1.29 is 38.1 Å². The standard InChI is InChI=1S/C76H138O8/c1-5-9-13-17-21-25-29-33-37-41-45-49-53-59-65-81-73(77)69-71(75(79)83-67-61-55-51-47-43-39-35-31-27-23-19-15-11-7-3)63-57-58-64-72(76(80)84-68-62-56-52-48-44-40-36-32-28-24-20-16-12-8-4)70-74(78)82-66-60-54-50-46-42-38-34-30-26-22-18-14-10-6-2/h53-56,59-62,71-72H,5-52,57-58,63-70H2,1-4H3/b59-53+,60-54+,61-55+,62-56+. The Hall–Kier alpha value is -3.16. The van der Waals surface area contributed by atoms with E-state index < -0.39 is 35.7 Å². The van der Waals surface area contributed by atoms with Crippen molar-refractivity contribution in [1.29, 1.82) is 0 Å². The average molecular weight is 1180 g/mol. The van der Waals surface area contributed by atoms with E-state index in [9.17, 15) is 19.2 Å². The lowest BCUT2D eigenvalue weighted by Gasteiger charge is -2.17. The van der Waals surface area contributed by atoms with E-state index in [4.69, 9.17) is 18.9 Å². The first kappa shape index (κ1) is 80.8. The van der Waals surface area contributed by atoms with Crippen molar-refractivity contribution in [1.82, 2.24) is 0 Å². The van der Waals surface area contributed by atoms with Crippen molar-refractivity contribution in [2.45, 2.75) is 374 Å². The summed E-state index contributed by atoms with van der Waals surface area (Å²) in [5, 5.41) is 0. The number of ether oxygens (including phenoxy) is 4. The highest BCUT2D eigenvalue weighted by Gasteiger charge is 2.27. The fourth-order valence-corrected chi connectivity index (χ4v) is 11.1. The fourth-order valence-electron chi connectivity index (χ4n) is 11.1. The zero-order chi connectivity index (χ0) is 61.0. The molecule has 0 aliphatic heterocycles. The molecule has 0 radical (unpaired) electrons. The molecule has 0 heterocycles. The maximum Gasteiger partial charge on any atom is 0.309 e. The molecule has 0 saturated carbocycles. The van der Waals surface area contributed by atoms with Gasteiger partial charge in [-0.25, -0.2) is 0 Å². The smallest absolute Gasteiger partial charge is 0.309 e. The van der Waals surface area contributed by atoms with Gasteiger partial charge in [0.05, 0.1) is 24.7 Å². The normalized spacial score (nSPS) is 12.6. The molecule has 0 amide bonds. The van der Waals surface area contributed by atoms with Crippen molar-refractivity contribution in [3.63, 3.8) is 0 Å². The number of allylic oxidation sites excluding steroid dienone is 4. The van der Waals surface area contributed by atoms with Crippen LogP contribution in [0.15, 0.2) is 48.6 Å². The predicted octanol–water partition coefficient (Wildman–Crippen LogP) is 23.8. The lowest BCUT2D eigenvalue weighted by Crippen LogP contribution is -2.24. The van der Waals surface area contributed by atoms with Crippen LogP contribution in [0.1, 0.15) is 374 Å². The first-order chi connectivity index (χ1) is 41.4. The molecular weight excluding hydrogens is 1040 g/mol. The summed E-state index contributed by atoms with van der Waals surface area (Å²) in [7, 11) is 0. The monoisotopic (exact) mass is 1180 g/mol. The first-order valence-corrected chi connectivity index (χ1v) is 36.6. The van der Waals surface area contributed by atoms with E-state index in [0.29, 0.717) is 25.7 Å². The van der Waals surface area contributed by atoms with Gasteiger partial charge in [-0.15, -0.1) is 0 Å². The van der Waals surface area contributed by atoms with Gasteiger partial charge in [0.25, 0.3) is 0 Å². The Morgan fingerprint density at radius 2 is 0.429 bits per heavy atom. The Morgan fingerprint density at radius 1 is 0.238 bits per heavy atom. The van der Waals surface area contributed by atoms with Crippen LogP contribution >= 0.6 is 0 Å². The maximum absolute atomic E-state index is 13.6. The number of hydrogen-bond acceptors (Lipinski definition) is 8. The van der Waals surface area contributed by atoms with Crippen LogP contribution in [0.5, 0.6) is 0 Å². The highest BCUT2D eigenvalue weighted by molar-refractivity contribution is 5.80. The van der Waals surface area contributed by atoms with E-state index in [1.807, 2.05) is 24.3 Å². The summed E-state index contributed by atoms with van der Waals surface area (Å²) in [4.78, 5) is 53.5. The van der Waals surface area contributed by atoms with E-state index in [1.165, 1.54) is 257 Å². The minimum Gasteiger partial charge on any atom is -0.461 e. The van der Waals surface area contributed by atoms with Crippen LogP contribution in [-0.4, -0.2) is 50.3 Å². The molecule has 0 rings (SSSR count). The minimum atomic E-state index is -0.671.